The minimum Gasteiger partial charge on any atom is -0.381 e. The number of hydrogen-bond donors (Lipinski definition) is 0. The molecule has 0 aromatic carbocycles. The third-order valence-electron chi connectivity index (χ3n) is 3.48. The highest BCUT2D eigenvalue weighted by Crippen LogP contribution is 2.22. The lowest BCUT2D eigenvalue weighted by Gasteiger charge is -2.21. The Balaban J connectivity index is 1.79. The molecule has 0 aliphatic carbocycles. The summed E-state index contributed by atoms with van der Waals surface area (Å²) in [5, 5.41) is 13.0. The Hall–Kier alpha value is -1.69. The fourth-order valence-electron chi connectivity index (χ4n) is 2.28. The Labute approximate surface area is 112 Å². The molecule has 2 aromatic heterocycles. The summed E-state index contributed by atoms with van der Waals surface area (Å²) in [5.74, 6) is 0. The van der Waals surface area contributed by atoms with Gasteiger partial charge in [0.15, 0.2) is 0 Å². The molecule has 102 valence electrons. The topological polar surface area (TPSA) is 57.8 Å². The standard InChI is InChI=1S/C13H19N5O/c1-10(2)17-6-3-12(15-17)13-9-18(16-14-13)11-4-7-19-8-5-11/h3,6,9-11H,4-5,7-8H2,1-2H3. The molecule has 3 heterocycles. The van der Waals surface area contributed by atoms with E-state index in [9.17, 15) is 0 Å². The molecule has 0 bridgehead atoms. The van der Waals surface area contributed by atoms with E-state index >= 15 is 0 Å². The molecule has 6 nitrogen and oxygen atoms in total. The predicted octanol–water partition coefficient (Wildman–Crippen LogP) is 2.07. The second-order valence-corrected chi connectivity index (χ2v) is 5.20. The molecule has 0 atom stereocenters. The van der Waals surface area contributed by atoms with Crippen LogP contribution in [0.25, 0.3) is 11.4 Å². The first-order chi connectivity index (χ1) is 9.24. The summed E-state index contributed by atoms with van der Waals surface area (Å²) in [6, 6.07) is 2.75. The van der Waals surface area contributed by atoms with Crippen LogP contribution in [0.4, 0.5) is 0 Å². The Morgan fingerprint density at radius 3 is 2.74 bits per heavy atom. The van der Waals surface area contributed by atoms with Crippen molar-refractivity contribution in [3.05, 3.63) is 18.5 Å². The van der Waals surface area contributed by atoms with Crippen LogP contribution in [0.2, 0.25) is 0 Å². The van der Waals surface area contributed by atoms with Gasteiger partial charge < -0.3 is 4.74 Å². The van der Waals surface area contributed by atoms with Crippen molar-refractivity contribution in [2.75, 3.05) is 13.2 Å². The zero-order valence-electron chi connectivity index (χ0n) is 11.4. The van der Waals surface area contributed by atoms with E-state index < -0.39 is 0 Å². The van der Waals surface area contributed by atoms with Crippen molar-refractivity contribution in [1.82, 2.24) is 24.8 Å². The van der Waals surface area contributed by atoms with Crippen molar-refractivity contribution < 1.29 is 4.74 Å². The van der Waals surface area contributed by atoms with Gasteiger partial charge in [-0.2, -0.15) is 5.10 Å². The first kappa shape index (κ1) is 12.3. The minimum absolute atomic E-state index is 0.360. The van der Waals surface area contributed by atoms with E-state index in [-0.39, 0.29) is 0 Å². The molecule has 2 aromatic rings. The van der Waals surface area contributed by atoms with Crippen LogP contribution < -0.4 is 0 Å². The Morgan fingerprint density at radius 2 is 2.05 bits per heavy atom. The molecule has 0 unspecified atom stereocenters. The van der Waals surface area contributed by atoms with Gasteiger partial charge in [-0.05, 0) is 32.8 Å². The third kappa shape index (κ3) is 2.53. The first-order valence-corrected chi connectivity index (χ1v) is 6.79. The summed E-state index contributed by atoms with van der Waals surface area (Å²) >= 11 is 0. The Kier molecular flexibility index (Phi) is 3.33. The molecule has 0 radical (unpaired) electrons. The zero-order chi connectivity index (χ0) is 13.2. The van der Waals surface area contributed by atoms with Gasteiger partial charge in [0.25, 0.3) is 0 Å². The van der Waals surface area contributed by atoms with Crippen LogP contribution in [-0.4, -0.2) is 38.0 Å². The summed E-state index contributed by atoms with van der Waals surface area (Å²) < 4.78 is 9.25. The van der Waals surface area contributed by atoms with Gasteiger partial charge in [-0.25, -0.2) is 4.68 Å². The molecule has 19 heavy (non-hydrogen) atoms. The van der Waals surface area contributed by atoms with Crippen molar-refractivity contribution in [3.63, 3.8) is 0 Å². The van der Waals surface area contributed by atoms with Gasteiger partial charge in [0, 0.05) is 25.5 Å². The van der Waals surface area contributed by atoms with Crippen LogP contribution in [0.1, 0.15) is 38.8 Å². The summed E-state index contributed by atoms with van der Waals surface area (Å²) in [7, 11) is 0. The number of rotatable bonds is 3. The lowest BCUT2D eigenvalue weighted by molar-refractivity contribution is 0.0657. The highest BCUT2D eigenvalue weighted by atomic mass is 16.5. The van der Waals surface area contributed by atoms with Crippen molar-refractivity contribution in [2.45, 2.75) is 38.8 Å². The summed E-state index contributed by atoms with van der Waals surface area (Å²) in [6.07, 6.45) is 5.98. The Morgan fingerprint density at radius 1 is 1.26 bits per heavy atom. The largest absolute Gasteiger partial charge is 0.381 e. The quantitative estimate of drug-likeness (QED) is 0.848. The highest BCUT2D eigenvalue weighted by Gasteiger charge is 2.18. The molecular formula is C13H19N5O. The molecule has 0 spiro atoms. The summed E-state index contributed by atoms with van der Waals surface area (Å²) in [4.78, 5) is 0. The molecule has 3 rings (SSSR count). The van der Waals surface area contributed by atoms with Gasteiger partial charge in [-0.3, -0.25) is 4.68 Å². The maximum atomic E-state index is 5.37. The number of hydrogen-bond acceptors (Lipinski definition) is 4. The normalized spacial score (nSPS) is 17.2. The average molecular weight is 261 g/mol. The zero-order valence-corrected chi connectivity index (χ0v) is 11.4. The molecule has 0 saturated carbocycles. The van der Waals surface area contributed by atoms with Crippen molar-refractivity contribution in [1.29, 1.82) is 0 Å². The van der Waals surface area contributed by atoms with E-state index in [1.165, 1.54) is 0 Å². The van der Waals surface area contributed by atoms with E-state index in [2.05, 4.69) is 29.3 Å². The lowest BCUT2D eigenvalue weighted by atomic mass is 10.1. The molecule has 1 aliphatic rings. The molecule has 1 fully saturated rings. The maximum absolute atomic E-state index is 5.37. The van der Waals surface area contributed by atoms with E-state index in [1.807, 2.05) is 27.8 Å². The molecule has 6 heteroatoms. The predicted molar refractivity (Wildman–Crippen MR) is 70.7 cm³/mol. The van der Waals surface area contributed by atoms with Crippen LogP contribution in [0, 0.1) is 0 Å². The Bertz CT molecular complexity index is 539. The summed E-state index contributed by atoms with van der Waals surface area (Å²) in [6.45, 7) is 5.83. The SMILES string of the molecule is CC(C)n1ccc(-c2cn(C3CCOCC3)nn2)n1. The smallest absolute Gasteiger partial charge is 0.133 e. The first-order valence-electron chi connectivity index (χ1n) is 6.79. The molecular weight excluding hydrogens is 242 g/mol. The van der Waals surface area contributed by atoms with Crippen LogP contribution in [-0.2, 0) is 4.74 Å². The van der Waals surface area contributed by atoms with Crippen LogP contribution in [0.5, 0.6) is 0 Å². The fraction of sp³-hybridized carbons (Fsp3) is 0.615. The van der Waals surface area contributed by atoms with Crippen LogP contribution >= 0.6 is 0 Å². The summed E-state index contributed by atoms with van der Waals surface area (Å²) in [5.41, 5.74) is 1.72. The number of aromatic nitrogens is 5. The van der Waals surface area contributed by atoms with Gasteiger partial charge >= 0.3 is 0 Å². The molecule has 0 amide bonds. The van der Waals surface area contributed by atoms with Gasteiger partial charge in [-0.1, -0.05) is 5.21 Å². The number of nitrogens with zero attached hydrogens (tertiary/aromatic N) is 5. The second-order valence-electron chi connectivity index (χ2n) is 5.20. The molecule has 1 saturated heterocycles. The number of ether oxygens (including phenoxy) is 1. The van der Waals surface area contributed by atoms with Gasteiger partial charge in [0.2, 0.25) is 0 Å². The van der Waals surface area contributed by atoms with Crippen LogP contribution in [0.15, 0.2) is 18.5 Å². The second kappa shape index (κ2) is 5.13. The van der Waals surface area contributed by atoms with E-state index in [4.69, 9.17) is 4.74 Å². The van der Waals surface area contributed by atoms with E-state index in [0.29, 0.717) is 12.1 Å². The van der Waals surface area contributed by atoms with Gasteiger partial charge in [0.05, 0.1) is 12.2 Å². The minimum atomic E-state index is 0.360. The van der Waals surface area contributed by atoms with E-state index in [1.54, 1.807) is 0 Å². The van der Waals surface area contributed by atoms with Gasteiger partial charge in [0.1, 0.15) is 11.4 Å². The third-order valence-corrected chi connectivity index (χ3v) is 3.48. The fourth-order valence-corrected chi connectivity index (χ4v) is 2.28. The van der Waals surface area contributed by atoms with Crippen molar-refractivity contribution in [2.24, 2.45) is 0 Å². The van der Waals surface area contributed by atoms with Crippen molar-refractivity contribution >= 4 is 0 Å². The maximum Gasteiger partial charge on any atom is 0.133 e. The monoisotopic (exact) mass is 261 g/mol. The van der Waals surface area contributed by atoms with E-state index in [0.717, 1.165) is 37.4 Å². The molecule has 0 N–H and O–H groups in total. The van der Waals surface area contributed by atoms with Gasteiger partial charge in [-0.15, -0.1) is 5.10 Å². The average Bonchev–Trinajstić information content (AvgIpc) is 3.09. The lowest BCUT2D eigenvalue weighted by Crippen LogP contribution is -2.19. The van der Waals surface area contributed by atoms with Crippen LogP contribution in [0.3, 0.4) is 0 Å². The van der Waals surface area contributed by atoms with Crippen molar-refractivity contribution in [3.8, 4) is 11.4 Å². The highest BCUT2D eigenvalue weighted by molar-refractivity contribution is 5.51. The molecule has 1 aliphatic heterocycles.